The van der Waals surface area contributed by atoms with Crippen molar-refractivity contribution in [1.82, 2.24) is 0 Å². The van der Waals surface area contributed by atoms with E-state index in [0.717, 1.165) is 16.9 Å². The number of benzene rings is 2. The van der Waals surface area contributed by atoms with E-state index in [1.807, 2.05) is 12.1 Å². The summed E-state index contributed by atoms with van der Waals surface area (Å²) >= 11 is 0. The first-order chi connectivity index (χ1) is 9.78. The molecule has 0 atom stereocenters. The molecule has 0 unspecified atom stereocenters. The van der Waals surface area contributed by atoms with Gasteiger partial charge in [-0.15, -0.1) is 0 Å². The molecule has 0 saturated heterocycles. The van der Waals surface area contributed by atoms with E-state index in [0.29, 0.717) is 13.2 Å². The minimum Gasteiger partial charge on any atom is -0.488 e. The molecular formula is C18H21NO. The van der Waals surface area contributed by atoms with Crippen molar-refractivity contribution in [3.8, 4) is 5.75 Å². The largest absolute Gasteiger partial charge is 0.488 e. The molecular weight excluding hydrogens is 246 g/mol. The molecule has 0 amide bonds. The van der Waals surface area contributed by atoms with Crippen molar-refractivity contribution in [3.63, 3.8) is 0 Å². The van der Waals surface area contributed by atoms with Gasteiger partial charge in [0.2, 0.25) is 0 Å². The summed E-state index contributed by atoms with van der Waals surface area (Å²) in [4.78, 5) is 0. The van der Waals surface area contributed by atoms with Gasteiger partial charge in [0.05, 0.1) is 0 Å². The highest BCUT2D eigenvalue weighted by Gasteiger charge is 2.11. The van der Waals surface area contributed by atoms with Gasteiger partial charge in [-0.05, 0) is 48.4 Å². The first kappa shape index (κ1) is 13.2. The first-order valence-corrected chi connectivity index (χ1v) is 7.30. The van der Waals surface area contributed by atoms with E-state index in [2.05, 4.69) is 31.2 Å². The van der Waals surface area contributed by atoms with Gasteiger partial charge in [0.25, 0.3) is 0 Å². The van der Waals surface area contributed by atoms with Crippen molar-refractivity contribution in [1.29, 1.82) is 0 Å². The van der Waals surface area contributed by atoms with Crippen molar-refractivity contribution in [2.75, 3.05) is 0 Å². The highest BCUT2D eigenvalue weighted by Crippen LogP contribution is 2.26. The average molecular weight is 267 g/mol. The van der Waals surface area contributed by atoms with Crippen LogP contribution >= 0.6 is 0 Å². The topological polar surface area (TPSA) is 35.2 Å². The second kappa shape index (κ2) is 5.68. The molecule has 0 spiro atoms. The summed E-state index contributed by atoms with van der Waals surface area (Å²) in [6.07, 6.45) is 3.72. The fourth-order valence-corrected chi connectivity index (χ4v) is 2.95. The minimum atomic E-state index is 0.515. The number of fused-ring (bicyclic) bond motifs is 1. The zero-order valence-electron chi connectivity index (χ0n) is 12.0. The van der Waals surface area contributed by atoms with Gasteiger partial charge in [-0.3, -0.25) is 0 Å². The lowest BCUT2D eigenvalue weighted by molar-refractivity contribution is 0.301. The summed E-state index contributed by atoms with van der Waals surface area (Å²) in [5.74, 6) is 0.940. The van der Waals surface area contributed by atoms with Crippen molar-refractivity contribution >= 4 is 0 Å². The van der Waals surface area contributed by atoms with Crippen LogP contribution in [0.2, 0.25) is 0 Å². The van der Waals surface area contributed by atoms with Crippen molar-refractivity contribution in [3.05, 3.63) is 64.2 Å². The molecule has 20 heavy (non-hydrogen) atoms. The summed E-state index contributed by atoms with van der Waals surface area (Å²) < 4.78 is 6.02. The van der Waals surface area contributed by atoms with E-state index in [-0.39, 0.29) is 0 Å². The van der Waals surface area contributed by atoms with Crippen LogP contribution in [0.4, 0.5) is 0 Å². The van der Waals surface area contributed by atoms with Crippen LogP contribution in [0.25, 0.3) is 0 Å². The van der Waals surface area contributed by atoms with Crippen LogP contribution in [0, 0.1) is 6.92 Å². The van der Waals surface area contributed by atoms with Crippen LogP contribution < -0.4 is 10.5 Å². The Hall–Kier alpha value is -1.80. The predicted molar refractivity (Wildman–Crippen MR) is 81.9 cm³/mol. The maximum absolute atomic E-state index is 6.02. The summed E-state index contributed by atoms with van der Waals surface area (Å²) in [7, 11) is 0. The predicted octanol–water partition coefficient (Wildman–Crippen LogP) is 3.52. The quantitative estimate of drug-likeness (QED) is 0.920. The Bertz CT molecular complexity index is 619. The number of hydrogen-bond donors (Lipinski definition) is 1. The van der Waals surface area contributed by atoms with E-state index in [9.17, 15) is 0 Å². The molecule has 0 heterocycles. The smallest absolute Gasteiger partial charge is 0.127 e. The van der Waals surface area contributed by atoms with Gasteiger partial charge < -0.3 is 10.5 Å². The Morgan fingerprint density at radius 2 is 1.95 bits per heavy atom. The third kappa shape index (κ3) is 2.56. The first-order valence-electron chi connectivity index (χ1n) is 7.30. The van der Waals surface area contributed by atoms with Crippen LogP contribution in [0.5, 0.6) is 5.75 Å². The number of nitrogens with two attached hydrogens (primary N) is 1. The molecule has 0 fully saturated rings. The number of aryl methyl sites for hydroxylation is 3. The second-order valence-corrected chi connectivity index (χ2v) is 5.51. The fraction of sp³-hybridized carbons (Fsp3) is 0.333. The van der Waals surface area contributed by atoms with E-state index >= 15 is 0 Å². The second-order valence-electron chi connectivity index (χ2n) is 5.51. The molecule has 2 nitrogen and oxygen atoms in total. The van der Waals surface area contributed by atoms with Gasteiger partial charge >= 0.3 is 0 Å². The molecule has 104 valence electrons. The number of ether oxygens (including phenoxy) is 1. The third-order valence-corrected chi connectivity index (χ3v) is 4.06. The zero-order chi connectivity index (χ0) is 13.9. The Balaban J connectivity index is 1.77. The molecule has 0 aliphatic heterocycles. The van der Waals surface area contributed by atoms with Crippen LogP contribution in [0.1, 0.15) is 34.2 Å². The Morgan fingerprint density at radius 1 is 1.10 bits per heavy atom. The maximum atomic E-state index is 6.02. The number of rotatable bonds is 4. The molecule has 2 aromatic carbocycles. The minimum absolute atomic E-state index is 0.515. The van der Waals surface area contributed by atoms with Gasteiger partial charge in [-0.1, -0.05) is 36.4 Å². The van der Waals surface area contributed by atoms with E-state index in [1.165, 1.54) is 36.0 Å². The lowest BCUT2D eigenvalue weighted by Crippen LogP contribution is -2.04. The Kier molecular flexibility index (Phi) is 3.75. The molecule has 2 aromatic rings. The Labute approximate surface area is 120 Å². The summed E-state index contributed by atoms with van der Waals surface area (Å²) in [5.41, 5.74) is 12.3. The molecule has 1 aliphatic rings. The highest BCUT2D eigenvalue weighted by atomic mass is 16.5. The lowest BCUT2D eigenvalue weighted by Gasteiger charge is -2.13. The highest BCUT2D eigenvalue weighted by molar-refractivity contribution is 5.41. The molecule has 0 bridgehead atoms. The Morgan fingerprint density at radius 3 is 2.80 bits per heavy atom. The van der Waals surface area contributed by atoms with Crippen molar-refractivity contribution in [2.24, 2.45) is 5.73 Å². The van der Waals surface area contributed by atoms with E-state index in [4.69, 9.17) is 10.5 Å². The van der Waals surface area contributed by atoms with Crippen molar-refractivity contribution < 1.29 is 4.74 Å². The molecule has 0 saturated carbocycles. The van der Waals surface area contributed by atoms with Gasteiger partial charge in [0.1, 0.15) is 12.4 Å². The lowest BCUT2D eigenvalue weighted by atomic mass is 10.1. The molecule has 0 aromatic heterocycles. The van der Waals surface area contributed by atoms with Gasteiger partial charge in [0, 0.05) is 12.1 Å². The number of para-hydroxylation sites is 1. The standard InChI is InChI=1S/C18H21NO/c1-13-4-2-7-17(11-19)18(13)20-12-14-8-9-15-5-3-6-16(15)10-14/h2,4,7-10H,3,5-6,11-12,19H2,1H3. The average Bonchev–Trinajstić information content (AvgIpc) is 2.93. The van der Waals surface area contributed by atoms with Gasteiger partial charge in [-0.25, -0.2) is 0 Å². The van der Waals surface area contributed by atoms with E-state index in [1.54, 1.807) is 0 Å². The zero-order valence-corrected chi connectivity index (χ0v) is 12.0. The summed E-state index contributed by atoms with van der Waals surface area (Å²) in [5, 5.41) is 0. The van der Waals surface area contributed by atoms with Gasteiger partial charge in [0.15, 0.2) is 0 Å². The normalized spacial score (nSPS) is 13.3. The van der Waals surface area contributed by atoms with Crippen LogP contribution in [-0.2, 0) is 26.0 Å². The van der Waals surface area contributed by atoms with Crippen LogP contribution in [0.3, 0.4) is 0 Å². The summed E-state index contributed by atoms with van der Waals surface area (Å²) in [6, 6.07) is 12.9. The monoisotopic (exact) mass is 267 g/mol. The molecule has 2 N–H and O–H groups in total. The van der Waals surface area contributed by atoms with Gasteiger partial charge in [-0.2, -0.15) is 0 Å². The van der Waals surface area contributed by atoms with Crippen molar-refractivity contribution in [2.45, 2.75) is 39.3 Å². The molecule has 1 aliphatic carbocycles. The fourth-order valence-electron chi connectivity index (χ4n) is 2.95. The van der Waals surface area contributed by atoms with E-state index < -0.39 is 0 Å². The number of hydrogen-bond acceptors (Lipinski definition) is 2. The third-order valence-electron chi connectivity index (χ3n) is 4.06. The molecule has 0 radical (unpaired) electrons. The SMILES string of the molecule is Cc1cccc(CN)c1OCc1ccc2c(c1)CCC2. The van der Waals surface area contributed by atoms with Crippen LogP contribution in [-0.4, -0.2) is 0 Å². The molecule has 3 rings (SSSR count). The molecule has 2 heteroatoms. The maximum Gasteiger partial charge on any atom is 0.127 e. The van der Waals surface area contributed by atoms with Crippen LogP contribution in [0.15, 0.2) is 36.4 Å². The summed E-state index contributed by atoms with van der Waals surface area (Å²) in [6.45, 7) is 3.20.